The van der Waals surface area contributed by atoms with Crippen LogP contribution in [-0.4, -0.2) is 27.8 Å². The molecule has 0 aliphatic rings. The molecule has 1 heterocycles. The SMILES string of the molecule is Cc1nn(-c2ccccc2)c(C)c1C(=O)O[C@@H](C)C(=O)Nc1cc(C(F)(F)F)ccc1Cl. The number of aromatic nitrogens is 2. The normalized spacial score (nSPS) is 12.3. The highest BCUT2D eigenvalue weighted by Crippen LogP contribution is 2.34. The van der Waals surface area contributed by atoms with Crippen molar-refractivity contribution >= 4 is 29.2 Å². The summed E-state index contributed by atoms with van der Waals surface area (Å²) in [5.41, 5.74) is 0.667. The zero-order valence-corrected chi connectivity index (χ0v) is 18.1. The van der Waals surface area contributed by atoms with Crippen molar-refractivity contribution in [2.75, 3.05) is 5.32 Å². The van der Waals surface area contributed by atoms with Gasteiger partial charge in [-0.2, -0.15) is 18.3 Å². The number of benzene rings is 2. The number of carbonyl (C=O) groups is 2. The molecule has 0 bridgehead atoms. The number of nitrogens with zero attached hydrogens (tertiary/aromatic N) is 2. The number of hydrogen-bond acceptors (Lipinski definition) is 4. The summed E-state index contributed by atoms with van der Waals surface area (Å²) in [5.74, 6) is -1.61. The molecule has 0 unspecified atom stereocenters. The second kappa shape index (κ2) is 9.04. The monoisotopic (exact) mass is 465 g/mol. The van der Waals surface area contributed by atoms with E-state index < -0.39 is 29.7 Å². The third-order valence-corrected chi connectivity index (χ3v) is 5.03. The van der Waals surface area contributed by atoms with Gasteiger partial charge >= 0.3 is 12.1 Å². The number of nitrogens with one attached hydrogen (secondary N) is 1. The van der Waals surface area contributed by atoms with Crippen molar-refractivity contribution in [2.45, 2.75) is 33.1 Å². The summed E-state index contributed by atoms with van der Waals surface area (Å²) in [6.45, 7) is 4.63. The van der Waals surface area contributed by atoms with Crippen molar-refractivity contribution in [1.82, 2.24) is 9.78 Å². The maximum atomic E-state index is 12.9. The number of aryl methyl sites for hydroxylation is 1. The number of hydrogen-bond donors (Lipinski definition) is 1. The van der Waals surface area contributed by atoms with Crippen LogP contribution in [0.1, 0.15) is 34.2 Å². The third-order valence-electron chi connectivity index (χ3n) is 4.70. The van der Waals surface area contributed by atoms with Gasteiger partial charge in [0.15, 0.2) is 6.10 Å². The molecule has 2 aromatic carbocycles. The minimum Gasteiger partial charge on any atom is -0.449 e. The minimum absolute atomic E-state index is 0.0827. The quantitative estimate of drug-likeness (QED) is 0.516. The van der Waals surface area contributed by atoms with Crippen molar-refractivity contribution in [3.8, 4) is 5.69 Å². The van der Waals surface area contributed by atoms with Gasteiger partial charge in [0.25, 0.3) is 5.91 Å². The first kappa shape index (κ1) is 23.3. The van der Waals surface area contributed by atoms with Crippen LogP contribution in [0.4, 0.5) is 18.9 Å². The highest BCUT2D eigenvalue weighted by Gasteiger charge is 2.31. The smallest absolute Gasteiger partial charge is 0.416 e. The topological polar surface area (TPSA) is 73.2 Å². The highest BCUT2D eigenvalue weighted by molar-refractivity contribution is 6.33. The van der Waals surface area contributed by atoms with Crippen LogP contribution in [-0.2, 0) is 15.7 Å². The zero-order chi connectivity index (χ0) is 23.6. The Morgan fingerprint density at radius 3 is 2.41 bits per heavy atom. The van der Waals surface area contributed by atoms with Crippen LogP contribution in [0.15, 0.2) is 48.5 Å². The Morgan fingerprint density at radius 2 is 1.78 bits per heavy atom. The maximum Gasteiger partial charge on any atom is 0.416 e. The number of alkyl halides is 3. The zero-order valence-electron chi connectivity index (χ0n) is 17.3. The van der Waals surface area contributed by atoms with E-state index in [0.717, 1.165) is 17.8 Å². The third kappa shape index (κ3) is 4.94. The maximum absolute atomic E-state index is 12.9. The first-order valence-corrected chi connectivity index (χ1v) is 9.87. The van der Waals surface area contributed by atoms with E-state index in [1.54, 1.807) is 18.5 Å². The molecular weight excluding hydrogens is 447 g/mol. The summed E-state index contributed by atoms with van der Waals surface area (Å²) < 4.78 is 45.6. The fourth-order valence-corrected chi connectivity index (χ4v) is 3.23. The molecule has 3 aromatic rings. The fraction of sp³-hybridized carbons (Fsp3) is 0.227. The molecule has 1 N–H and O–H groups in total. The van der Waals surface area contributed by atoms with E-state index in [2.05, 4.69) is 10.4 Å². The van der Waals surface area contributed by atoms with E-state index in [0.29, 0.717) is 17.5 Å². The van der Waals surface area contributed by atoms with Crippen LogP contribution in [0, 0.1) is 13.8 Å². The Kier molecular flexibility index (Phi) is 6.59. The predicted molar refractivity (Wildman–Crippen MR) is 113 cm³/mol. The van der Waals surface area contributed by atoms with Crippen LogP contribution in [0.5, 0.6) is 0 Å². The second-order valence-corrected chi connectivity index (χ2v) is 7.43. The van der Waals surface area contributed by atoms with Gasteiger partial charge in [-0.25, -0.2) is 9.48 Å². The molecule has 0 aliphatic heterocycles. The molecule has 1 aromatic heterocycles. The first-order chi connectivity index (χ1) is 15.0. The number of esters is 1. The van der Waals surface area contributed by atoms with Crippen molar-refractivity contribution in [2.24, 2.45) is 0 Å². The average Bonchev–Trinajstić information content (AvgIpc) is 3.03. The van der Waals surface area contributed by atoms with Gasteiger partial charge in [-0.15, -0.1) is 0 Å². The molecule has 168 valence electrons. The number of amides is 1. The summed E-state index contributed by atoms with van der Waals surface area (Å²) in [4.78, 5) is 25.2. The number of para-hydroxylation sites is 1. The summed E-state index contributed by atoms with van der Waals surface area (Å²) in [7, 11) is 0. The lowest BCUT2D eigenvalue weighted by Gasteiger charge is -2.16. The standard InChI is InChI=1S/C22H19ClF3N3O3/c1-12-19(13(2)29(28-12)16-7-5-4-6-8-16)21(31)32-14(3)20(30)27-18-11-15(22(24,25)26)9-10-17(18)23/h4-11,14H,1-3H3,(H,27,30)/t14-/m0/s1. The fourth-order valence-electron chi connectivity index (χ4n) is 3.06. The van der Waals surface area contributed by atoms with Gasteiger partial charge in [0, 0.05) is 0 Å². The van der Waals surface area contributed by atoms with Crippen molar-refractivity contribution in [3.63, 3.8) is 0 Å². The summed E-state index contributed by atoms with van der Waals surface area (Å²) >= 11 is 5.90. The largest absolute Gasteiger partial charge is 0.449 e. The Morgan fingerprint density at radius 1 is 1.12 bits per heavy atom. The van der Waals surface area contributed by atoms with E-state index in [-0.39, 0.29) is 16.3 Å². The first-order valence-electron chi connectivity index (χ1n) is 9.49. The second-order valence-electron chi connectivity index (χ2n) is 7.02. The van der Waals surface area contributed by atoms with Gasteiger partial charge < -0.3 is 10.1 Å². The highest BCUT2D eigenvalue weighted by atomic mass is 35.5. The van der Waals surface area contributed by atoms with E-state index in [4.69, 9.17) is 16.3 Å². The van der Waals surface area contributed by atoms with Crippen LogP contribution >= 0.6 is 11.6 Å². The predicted octanol–water partition coefficient (Wildman–Crippen LogP) is 5.35. The van der Waals surface area contributed by atoms with Gasteiger partial charge in [0.1, 0.15) is 5.56 Å². The lowest BCUT2D eigenvalue weighted by molar-refractivity contribution is -0.137. The molecular formula is C22H19ClF3N3O3. The lowest BCUT2D eigenvalue weighted by Crippen LogP contribution is -2.30. The van der Waals surface area contributed by atoms with Crippen LogP contribution in [0.25, 0.3) is 5.69 Å². The van der Waals surface area contributed by atoms with Crippen molar-refractivity contribution in [3.05, 3.63) is 76.1 Å². The molecule has 3 rings (SSSR count). The molecule has 0 saturated heterocycles. The minimum atomic E-state index is -4.60. The molecule has 32 heavy (non-hydrogen) atoms. The molecule has 0 radical (unpaired) electrons. The molecule has 0 saturated carbocycles. The molecule has 0 spiro atoms. The van der Waals surface area contributed by atoms with Gasteiger partial charge in [-0.1, -0.05) is 29.8 Å². The molecule has 6 nitrogen and oxygen atoms in total. The van der Waals surface area contributed by atoms with Crippen molar-refractivity contribution < 1.29 is 27.5 Å². The van der Waals surface area contributed by atoms with Gasteiger partial charge in [-0.05, 0) is 51.1 Å². The van der Waals surface area contributed by atoms with Gasteiger partial charge in [-0.3, -0.25) is 4.79 Å². The van der Waals surface area contributed by atoms with Gasteiger partial charge in [0.2, 0.25) is 0 Å². The number of halogens is 4. The van der Waals surface area contributed by atoms with E-state index in [9.17, 15) is 22.8 Å². The number of ether oxygens (including phenoxy) is 1. The van der Waals surface area contributed by atoms with Crippen molar-refractivity contribution in [1.29, 1.82) is 0 Å². The van der Waals surface area contributed by atoms with Crippen LogP contribution < -0.4 is 5.32 Å². The van der Waals surface area contributed by atoms with E-state index in [1.807, 2.05) is 30.3 Å². The van der Waals surface area contributed by atoms with Crippen LogP contribution in [0.3, 0.4) is 0 Å². The Labute approximate surface area is 186 Å². The molecule has 1 amide bonds. The molecule has 0 fully saturated rings. The summed E-state index contributed by atoms with van der Waals surface area (Å²) in [5, 5.41) is 6.54. The Bertz CT molecular complexity index is 1160. The molecule has 0 aliphatic carbocycles. The Hall–Kier alpha value is -3.33. The lowest BCUT2D eigenvalue weighted by atomic mass is 10.2. The van der Waals surface area contributed by atoms with Gasteiger partial charge in [0.05, 0.1) is 33.3 Å². The molecule has 10 heteroatoms. The number of rotatable bonds is 5. The summed E-state index contributed by atoms with van der Waals surface area (Å²) in [6.07, 6.45) is -5.90. The average molecular weight is 466 g/mol. The van der Waals surface area contributed by atoms with E-state index in [1.165, 1.54) is 6.92 Å². The number of carbonyl (C=O) groups excluding carboxylic acids is 2. The summed E-state index contributed by atoms with van der Waals surface area (Å²) in [6, 6.07) is 11.7. The molecule has 1 atom stereocenters. The number of anilines is 1. The van der Waals surface area contributed by atoms with E-state index >= 15 is 0 Å². The Balaban J connectivity index is 1.76. The van der Waals surface area contributed by atoms with Crippen LogP contribution in [0.2, 0.25) is 5.02 Å².